The van der Waals surface area contributed by atoms with Crippen molar-refractivity contribution < 1.29 is 19.1 Å². The molecule has 1 saturated heterocycles. The van der Waals surface area contributed by atoms with Crippen LogP contribution in [0.5, 0.6) is 5.75 Å². The number of benzene rings is 2. The molecule has 1 N–H and O–H groups in total. The largest absolute Gasteiger partial charge is 0.494 e. The zero-order valence-corrected chi connectivity index (χ0v) is 16.8. The van der Waals surface area contributed by atoms with Crippen molar-refractivity contribution in [1.29, 1.82) is 0 Å². The van der Waals surface area contributed by atoms with Gasteiger partial charge < -0.3 is 4.74 Å². The van der Waals surface area contributed by atoms with Crippen LogP contribution >= 0.6 is 23.2 Å². The summed E-state index contributed by atoms with van der Waals surface area (Å²) < 4.78 is 5.09. The van der Waals surface area contributed by atoms with Gasteiger partial charge in [0, 0.05) is 0 Å². The van der Waals surface area contributed by atoms with Gasteiger partial charge in [-0.05, 0) is 60.9 Å². The second-order valence-electron chi connectivity index (χ2n) is 6.32. The Kier molecular flexibility index (Phi) is 5.45. The van der Waals surface area contributed by atoms with Gasteiger partial charge in [-0.2, -0.15) is 0 Å². The number of hydrogen-bond donors (Lipinski definition) is 1. The lowest BCUT2D eigenvalue weighted by Crippen LogP contribution is -2.54. The Balaban J connectivity index is 2.06. The maximum Gasteiger partial charge on any atom is 0.335 e. The predicted molar refractivity (Wildman–Crippen MR) is 108 cm³/mol. The van der Waals surface area contributed by atoms with Crippen LogP contribution < -0.4 is 15.0 Å². The van der Waals surface area contributed by atoms with Crippen molar-refractivity contribution >= 4 is 52.8 Å². The van der Waals surface area contributed by atoms with Crippen LogP contribution in [0.1, 0.15) is 16.7 Å². The molecule has 28 heavy (non-hydrogen) atoms. The quantitative estimate of drug-likeness (QED) is 0.595. The number of halogens is 2. The number of urea groups is 1. The molecule has 1 fully saturated rings. The summed E-state index contributed by atoms with van der Waals surface area (Å²) in [5.41, 5.74) is 2.35. The van der Waals surface area contributed by atoms with Crippen molar-refractivity contribution in [3.8, 4) is 5.75 Å². The summed E-state index contributed by atoms with van der Waals surface area (Å²) in [6.07, 6.45) is 1.33. The molecule has 2 aromatic carbocycles. The van der Waals surface area contributed by atoms with Gasteiger partial charge in [-0.1, -0.05) is 29.3 Å². The topological polar surface area (TPSA) is 75.7 Å². The molecular weight excluding hydrogens is 403 g/mol. The molecule has 1 aliphatic heterocycles. The lowest BCUT2D eigenvalue weighted by atomic mass is 10.1. The first-order chi connectivity index (χ1) is 13.2. The second-order valence-corrected chi connectivity index (χ2v) is 7.14. The maximum absolute atomic E-state index is 13.0. The number of aryl methyl sites for hydroxylation is 2. The first kappa shape index (κ1) is 19.9. The fourth-order valence-corrected chi connectivity index (χ4v) is 3.65. The van der Waals surface area contributed by atoms with Gasteiger partial charge in [-0.15, -0.1) is 0 Å². The van der Waals surface area contributed by atoms with E-state index in [2.05, 4.69) is 5.32 Å². The lowest BCUT2D eigenvalue weighted by molar-refractivity contribution is -0.122. The average Bonchev–Trinajstić information content (AvgIpc) is 2.57. The van der Waals surface area contributed by atoms with E-state index < -0.39 is 17.8 Å². The third kappa shape index (κ3) is 3.74. The fraction of sp³-hybridized carbons (Fsp3) is 0.150. The highest BCUT2D eigenvalue weighted by atomic mass is 35.5. The zero-order chi connectivity index (χ0) is 20.6. The van der Waals surface area contributed by atoms with E-state index in [9.17, 15) is 14.4 Å². The number of nitrogens with zero attached hydrogens (tertiary/aromatic N) is 1. The third-order valence-corrected chi connectivity index (χ3v) is 4.66. The van der Waals surface area contributed by atoms with Gasteiger partial charge in [-0.25, -0.2) is 9.69 Å². The smallest absolute Gasteiger partial charge is 0.335 e. The number of amides is 4. The summed E-state index contributed by atoms with van der Waals surface area (Å²) >= 11 is 12.2. The summed E-state index contributed by atoms with van der Waals surface area (Å²) in [5.74, 6) is -1.24. The molecular formula is C20H16Cl2N2O4. The van der Waals surface area contributed by atoms with E-state index in [1.54, 1.807) is 12.1 Å². The Hall–Kier alpha value is -2.83. The molecule has 0 bridgehead atoms. The number of ether oxygens (including phenoxy) is 1. The molecule has 1 aliphatic rings. The van der Waals surface area contributed by atoms with E-state index in [-0.39, 0.29) is 21.4 Å². The minimum atomic E-state index is -0.803. The second kappa shape index (κ2) is 7.66. The van der Waals surface area contributed by atoms with Crippen LogP contribution in [-0.2, 0) is 9.59 Å². The van der Waals surface area contributed by atoms with E-state index in [0.29, 0.717) is 11.3 Å². The molecule has 8 heteroatoms. The molecule has 0 radical (unpaired) electrons. The molecule has 0 aromatic heterocycles. The normalized spacial score (nSPS) is 15.8. The van der Waals surface area contributed by atoms with Gasteiger partial charge in [0.05, 0.1) is 22.8 Å². The Labute approximate surface area is 171 Å². The van der Waals surface area contributed by atoms with E-state index in [0.717, 1.165) is 16.0 Å². The van der Waals surface area contributed by atoms with Crippen molar-refractivity contribution in [2.45, 2.75) is 13.8 Å². The van der Waals surface area contributed by atoms with E-state index in [1.165, 1.54) is 25.3 Å². The van der Waals surface area contributed by atoms with E-state index in [4.69, 9.17) is 27.9 Å². The molecule has 0 spiro atoms. The van der Waals surface area contributed by atoms with Crippen LogP contribution in [0.25, 0.3) is 6.08 Å². The van der Waals surface area contributed by atoms with Crippen LogP contribution in [0.3, 0.4) is 0 Å². The van der Waals surface area contributed by atoms with Gasteiger partial charge in [0.1, 0.15) is 5.57 Å². The highest BCUT2D eigenvalue weighted by molar-refractivity contribution is 6.40. The average molecular weight is 419 g/mol. The molecule has 6 nitrogen and oxygen atoms in total. The van der Waals surface area contributed by atoms with Crippen molar-refractivity contribution in [3.63, 3.8) is 0 Å². The monoisotopic (exact) mass is 418 g/mol. The molecule has 1 heterocycles. The molecule has 4 amide bonds. The minimum Gasteiger partial charge on any atom is -0.494 e. The first-order valence-corrected chi connectivity index (χ1v) is 8.99. The fourth-order valence-electron chi connectivity index (χ4n) is 3.00. The molecule has 144 valence electrons. The molecule has 0 saturated carbocycles. The number of hydrogen-bond acceptors (Lipinski definition) is 4. The van der Waals surface area contributed by atoms with Crippen LogP contribution in [0, 0.1) is 13.8 Å². The van der Waals surface area contributed by atoms with Crippen LogP contribution in [0.15, 0.2) is 35.9 Å². The third-order valence-electron chi connectivity index (χ3n) is 4.10. The first-order valence-electron chi connectivity index (χ1n) is 8.24. The zero-order valence-electron chi connectivity index (χ0n) is 15.3. The van der Waals surface area contributed by atoms with Crippen molar-refractivity contribution in [2.75, 3.05) is 12.0 Å². The Bertz CT molecular complexity index is 1000. The van der Waals surface area contributed by atoms with Crippen LogP contribution in [0.2, 0.25) is 10.0 Å². The number of anilines is 1. The number of nitrogens with one attached hydrogen (secondary N) is 1. The Morgan fingerprint density at radius 1 is 0.964 bits per heavy atom. The Morgan fingerprint density at radius 3 is 2.07 bits per heavy atom. The Morgan fingerprint density at radius 2 is 1.54 bits per heavy atom. The summed E-state index contributed by atoms with van der Waals surface area (Å²) in [6, 6.07) is 7.52. The number of methoxy groups -OCH3 is 1. The van der Waals surface area contributed by atoms with Gasteiger partial charge in [-0.3, -0.25) is 14.9 Å². The summed E-state index contributed by atoms with van der Waals surface area (Å²) in [6.45, 7) is 3.71. The summed E-state index contributed by atoms with van der Waals surface area (Å²) in [5, 5.41) is 2.65. The number of barbiturate groups is 1. The van der Waals surface area contributed by atoms with Crippen LogP contribution in [-0.4, -0.2) is 25.0 Å². The van der Waals surface area contributed by atoms with E-state index >= 15 is 0 Å². The lowest BCUT2D eigenvalue weighted by Gasteiger charge is -2.27. The minimum absolute atomic E-state index is 0.212. The number of carbonyl (C=O) groups excluding carboxylic acids is 3. The standard InChI is InChI=1S/C20H16Cl2N2O4/c1-10-4-11(2)6-13(5-10)24-19(26)14(18(25)23-20(24)27)7-12-8-15(21)17(28-3)16(22)9-12/h4-9H,1-3H3,(H,23,25,27)/b14-7+. The predicted octanol–water partition coefficient (Wildman–Crippen LogP) is 4.29. The van der Waals surface area contributed by atoms with E-state index in [1.807, 2.05) is 19.9 Å². The van der Waals surface area contributed by atoms with Gasteiger partial charge in [0.2, 0.25) is 0 Å². The molecule has 0 atom stereocenters. The van der Waals surface area contributed by atoms with Gasteiger partial charge in [0.25, 0.3) is 11.8 Å². The van der Waals surface area contributed by atoms with Gasteiger partial charge >= 0.3 is 6.03 Å². The summed E-state index contributed by atoms with van der Waals surface area (Å²) in [4.78, 5) is 38.5. The molecule has 2 aromatic rings. The van der Waals surface area contributed by atoms with Crippen molar-refractivity contribution in [3.05, 3.63) is 62.6 Å². The SMILES string of the molecule is COc1c(Cl)cc(/C=C2\C(=O)NC(=O)N(c3cc(C)cc(C)c3)C2=O)cc1Cl. The molecule has 0 unspecified atom stereocenters. The van der Waals surface area contributed by atoms with Crippen LogP contribution in [0.4, 0.5) is 10.5 Å². The number of rotatable bonds is 3. The summed E-state index contributed by atoms with van der Waals surface area (Å²) in [7, 11) is 1.43. The van der Waals surface area contributed by atoms with Crippen molar-refractivity contribution in [2.24, 2.45) is 0 Å². The number of carbonyl (C=O) groups is 3. The molecule has 0 aliphatic carbocycles. The van der Waals surface area contributed by atoms with Crippen molar-refractivity contribution in [1.82, 2.24) is 5.32 Å². The number of imide groups is 2. The van der Waals surface area contributed by atoms with Gasteiger partial charge in [0.15, 0.2) is 5.75 Å². The molecule has 3 rings (SSSR count). The highest BCUT2D eigenvalue weighted by Gasteiger charge is 2.37. The highest BCUT2D eigenvalue weighted by Crippen LogP contribution is 2.35. The maximum atomic E-state index is 13.0.